The molecule has 1 fully saturated rings. The zero-order chi connectivity index (χ0) is 17.3. The van der Waals surface area contributed by atoms with E-state index in [2.05, 4.69) is 12.2 Å². The summed E-state index contributed by atoms with van der Waals surface area (Å²) in [7, 11) is 0. The number of halogens is 1. The maximum atomic E-state index is 14.0. The molecule has 1 aromatic rings. The largest absolute Gasteiger partial charge is 0.369 e. The van der Waals surface area contributed by atoms with Crippen molar-refractivity contribution in [1.82, 2.24) is 10.2 Å². The van der Waals surface area contributed by atoms with Crippen molar-refractivity contribution in [2.24, 2.45) is 17.6 Å². The van der Waals surface area contributed by atoms with Gasteiger partial charge in [0.2, 0.25) is 5.91 Å². The van der Waals surface area contributed by atoms with Crippen LogP contribution in [0.15, 0.2) is 18.2 Å². The summed E-state index contributed by atoms with van der Waals surface area (Å²) < 4.78 is 14.0. The lowest BCUT2D eigenvalue weighted by Crippen LogP contribution is -2.48. The number of nitrogens with zero attached hydrogens (tertiary/aromatic N) is 1. The number of nitrogens with two attached hydrogens (primary N) is 1. The SMILES string of the molecule is C[C@H]1CCc2c(F)cccc2[C@@H]1NC(=O)N1CCC(C(N)=O)CC1. The molecule has 0 bridgehead atoms. The minimum atomic E-state index is -0.291. The maximum Gasteiger partial charge on any atom is 0.317 e. The monoisotopic (exact) mass is 333 g/mol. The van der Waals surface area contributed by atoms with Crippen LogP contribution in [0.25, 0.3) is 0 Å². The minimum absolute atomic E-state index is 0.141. The fourth-order valence-electron chi connectivity index (χ4n) is 3.79. The molecule has 0 saturated carbocycles. The third-order valence-corrected chi connectivity index (χ3v) is 5.37. The number of primary amides is 1. The molecule has 2 aliphatic rings. The molecule has 0 aromatic heterocycles. The second-order valence-electron chi connectivity index (χ2n) is 6.91. The second kappa shape index (κ2) is 6.79. The lowest BCUT2D eigenvalue weighted by Gasteiger charge is -2.36. The van der Waals surface area contributed by atoms with Crippen molar-refractivity contribution in [3.63, 3.8) is 0 Å². The summed E-state index contributed by atoms with van der Waals surface area (Å²) in [5.41, 5.74) is 6.93. The van der Waals surface area contributed by atoms with Gasteiger partial charge in [-0.15, -0.1) is 0 Å². The van der Waals surface area contributed by atoms with Crippen molar-refractivity contribution in [1.29, 1.82) is 0 Å². The van der Waals surface area contributed by atoms with Crippen LogP contribution in [0.1, 0.15) is 43.4 Å². The minimum Gasteiger partial charge on any atom is -0.369 e. The average molecular weight is 333 g/mol. The predicted molar refractivity (Wildman–Crippen MR) is 88.6 cm³/mol. The third-order valence-electron chi connectivity index (χ3n) is 5.37. The zero-order valence-electron chi connectivity index (χ0n) is 13.9. The molecular formula is C18H24FN3O2. The van der Waals surface area contributed by atoms with Crippen LogP contribution in [0, 0.1) is 17.7 Å². The highest BCUT2D eigenvalue weighted by molar-refractivity contribution is 5.78. The van der Waals surface area contributed by atoms with E-state index >= 15 is 0 Å². The molecule has 6 heteroatoms. The van der Waals surface area contributed by atoms with Gasteiger partial charge in [0.05, 0.1) is 6.04 Å². The van der Waals surface area contributed by atoms with Gasteiger partial charge in [-0.05, 0) is 48.8 Å². The molecule has 2 atom stereocenters. The van der Waals surface area contributed by atoms with E-state index in [1.807, 2.05) is 6.07 Å². The van der Waals surface area contributed by atoms with Crippen LogP contribution in [-0.4, -0.2) is 29.9 Å². The van der Waals surface area contributed by atoms with Gasteiger partial charge in [-0.1, -0.05) is 19.1 Å². The van der Waals surface area contributed by atoms with Gasteiger partial charge in [-0.25, -0.2) is 9.18 Å². The Kier molecular flexibility index (Phi) is 4.73. The molecule has 0 unspecified atom stereocenters. The normalized spacial score (nSPS) is 24.3. The summed E-state index contributed by atoms with van der Waals surface area (Å²) >= 11 is 0. The highest BCUT2D eigenvalue weighted by Gasteiger charge is 2.32. The molecule has 1 aromatic carbocycles. The van der Waals surface area contributed by atoms with Gasteiger partial charge in [0, 0.05) is 19.0 Å². The fourth-order valence-corrected chi connectivity index (χ4v) is 3.79. The molecule has 5 nitrogen and oxygen atoms in total. The molecule has 3 N–H and O–H groups in total. The van der Waals surface area contributed by atoms with Gasteiger partial charge in [0.25, 0.3) is 0 Å². The van der Waals surface area contributed by atoms with E-state index in [0.29, 0.717) is 37.9 Å². The lowest BCUT2D eigenvalue weighted by atomic mass is 9.80. The number of urea groups is 1. The van der Waals surface area contributed by atoms with E-state index in [1.165, 1.54) is 6.07 Å². The van der Waals surface area contributed by atoms with E-state index in [4.69, 9.17) is 5.73 Å². The van der Waals surface area contributed by atoms with Crippen molar-refractivity contribution in [2.45, 2.75) is 38.6 Å². The predicted octanol–water partition coefficient (Wildman–Crippen LogP) is 2.36. The first-order valence-electron chi connectivity index (χ1n) is 8.59. The van der Waals surface area contributed by atoms with Crippen LogP contribution < -0.4 is 11.1 Å². The topological polar surface area (TPSA) is 75.4 Å². The molecule has 130 valence electrons. The molecule has 1 aliphatic carbocycles. The first-order chi connectivity index (χ1) is 11.5. The number of hydrogen-bond donors (Lipinski definition) is 2. The van der Waals surface area contributed by atoms with E-state index in [-0.39, 0.29) is 35.6 Å². The molecule has 1 heterocycles. The number of fused-ring (bicyclic) bond motifs is 1. The fraction of sp³-hybridized carbons (Fsp3) is 0.556. The Bertz CT molecular complexity index is 641. The van der Waals surface area contributed by atoms with Crippen molar-refractivity contribution in [3.05, 3.63) is 35.1 Å². The number of likely N-dealkylation sites (tertiary alicyclic amines) is 1. The summed E-state index contributed by atoms with van der Waals surface area (Å²) in [4.78, 5) is 25.5. The summed E-state index contributed by atoms with van der Waals surface area (Å²) in [6.07, 6.45) is 2.77. The quantitative estimate of drug-likeness (QED) is 0.872. The van der Waals surface area contributed by atoms with Crippen molar-refractivity contribution >= 4 is 11.9 Å². The Balaban J connectivity index is 1.69. The summed E-state index contributed by atoms with van der Waals surface area (Å²) in [6.45, 7) is 3.13. The average Bonchev–Trinajstić information content (AvgIpc) is 2.57. The summed E-state index contributed by atoms with van der Waals surface area (Å²) in [6, 6.07) is 4.75. The van der Waals surface area contributed by atoms with Crippen molar-refractivity contribution < 1.29 is 14.0 Å². The highest BCUT2D eigenvalue weighted by Crippen LogP contribution is 2.35. The molecule has 0 radical (unpaired) electrons. The van der Waals surface area contributed by atoms with Gasteiger partial charge in [-0.3, -0.25) is 4.79 Å². The van der Waals surface area contributed by atoms with Crippen LogP contribution in [0.5, 0.6) is 0 Å². The number of rotatable bonds is 2. The van der Waals surface area contributed by atoms with Crippen LogP contribution >= 0.6 is 0 Å². The Morgan fingerprint density at radius 2 is 1.96 bits per heavy atom. The third kappa shape index (κ3) is 3.23. The van der Waals surface area contributed by atoms with Gasteiger partial charge < -0.3 is 16.0 Å². The smallest absolute Gasteiger partial charge is 0.317 e. The number of hydrogen-bond acceptors (Lipinski definition) is 2. The second-order valence-corrected chi connectivity index (χ2v) is 6.91. The van der Waals surface area contributed by atoms with E-state index in [9.17, 15) is 14.0 Å². The number of carbonyl (C=O) groups excluding carboxylic acids is 2. The van der Waals surface area contributed by atoms with Crippen molar-refractivity contribution in [3.8, 4) is 0 Å². The Morgan fingerprint density at radius 3 is 2.62 bits per heavy atom. The molecule has 1 aliphatic heterocycles. The first-order valence-corrected chi connectivity index (χ1v) is 8.59. The van der Waals surface area contributed by atoms with Gasteiger partial charge >= 0.3 is 6.03 Å². The van der Waals surface area contributed by atoms with Crippen LogP contribution in [0.3, 0.4) is 0 Å². The number of amides is 3. The molecule has 1 saturated heterocycles. The molecule has 24 heavy (non-hydrogen) atoms. The lowest BCUT2D eigenvalue weighted by molar-refractivity contribution is -0.123. The Labute approximate surface area is 141 Å². The standard InChI is InChI=1S/C18H24FN3O2/c1-11-5-6-13-14(3-2-4-15(13)19)16(11)21-18(24)22-9-7-12(8-10-22)17(20)23/h2-4,11-12,16H,5-10H2,1H3,(H2,20,23)(H,21,24)/t11-,16+/m0/s1. The molecule has 3 rings (SSSR count). The number of benzene rings is 1. The Hall–Kier alpha value is -2.11. The van der Waals surface area contributed by atoms with Crippen molar-refractivity contribution in [2.75, 3.05) is 13.1 Å². The van der Waals surface area contributed by atoms with Gasteiger partial charge in [0.1, 0.15) is 5.82 Å². The van der Waals surface area contributed by atoms with E-state index in [1.54, 1.807) is 11.0 Å². The van der Waals surface area contributed by atoms with E-state index in [0.717, 1.165) is 12.0 Å². The zero-order valence-corrected chi connectivity index (χ0v) is 13.9. The molecule has 0 spiro atoms. The maximum absolute atomic E-state index is 14.0. The van der Waals surface area contributed by atoms with E-state index < -0.39 is 0 Å². The first kappa shape index (κ1) is 16.7. The van der Waals surface area contributed by atoms with Crippen LogP contribution in [0.4, 0.5) is 9.18 Å². The summed E-state index contributed by atoms with van der Waals surface area (Å²) in [5, 5.41) is 3.07. The molecule has 3 amide bonds. The van der Waals surface area contributed by atoms with Crippen LogP contribution in [-0.2, 0) is 11.2 Å². The number of nitrogens with one attached hydrogen (secondary N) is 1. The van der Waals surface area contributed by atoms with Gasteiger partial charge in [0.15, 0.2) is 0 Å². The van der Waals surface area contributed by atoms with Gasteiger partial charge in [-0.2, -0.15) is 0 Å². The molecular weight excluding hydrogens is 309 g/mol. The Morgan fingerprint density at radius 1 is 1.25 bits per heavy atom. The van der Waals surface area contributed by atoms with Crippen LogP contribution in [0.2, 0.25) is 0 Å². The number of carbonyl (C=O) groups is 2. The summed E-state index contributed by atoms with van der Waals surface area (Å²) in [5.74, 6) is -0.370. The number of piperidine rings is 1. The highest BCUT2D eigenvalue weighted by atomic mass is 19.1.